The average Bonchev–Trinajstić information content (AvgIpc) is 2.85. The Morgan fingerprint density at radius 2 is 1.96 bits per heavy atom. The summed E-state index contributed by atoms with van der Waals surface area (Å²) >= 11 is 1.21. The number of thiazole rings is 1. The van der Waals surface area contributed by atoms with Crippen molar-refractivity contribution in [2.24, 2.45) is 5.41 Å². The minimum atomic E-state index is -0.679. The van der Waals surface area contributed by atoms with Crippen LogP contribution < -0.4 is 14.8 Å². The highest BCUT2D eigenvalue weighted by molar-refractivity contribution is 7.07. The van der Waals surface area contributed by atoms with Crippen LogP contribution in [0.5, 0.6) is 0 Å². The van der Waals surface area contributed by atoms with Gasteiger partial charge in [-0.1, -0.05) is 44.5 Å². The van der Waals surface area contributed by atoms with E-state index in [4.69, 9.17) is 0 Å². The van der Waals surface area contributed by atoms with E-state index in [-0.39, 0.29) is 16.9 Å². The van der Waals surface area contributed by atoms with Crippen molar-refractivity contribution in [1.29, 1.82) is 5.26 Å². The van der Waals surface area contributed by atoms with Crippen molar-refractivity contribution in [1.82, 2.24) is 4.57 Å². The zero-order valence-electron chi connectivity index (χ0n) is 16.1. The van der Waals surface area contributed by atoms with Crippen LogP contribution in [0.1, 0.15) is 44.4 Å². The standard InChI is InChI=1S/C21H24N2O2S/c1-7-23-19(25)17(11-15-9-8-13(2)10-14(15)3)26-20(23)16(12-22)18(24)21(4,5)6/h8-11H,7H2,1-6H3/b17-11-,20-16+. The predicted octanol–water partition coefficient (Wildman–Crippen LogP) is 2.66. The van der Waals surface area contributed by atoms with E-state index < -0.39 is 5.41 Å². The Balaban J connectivity index is 2.85. The number of hydrogen-bond acceptors (Lipinski definition) is 4. The molecule has 0 fully saturated rings. The van der Waals surface area contributed by atoms with Gasteiger partial charge >= 0.3 is 0 Å². The Morgan fingerprint density at radius 3 is 2.46 bits per heavy atom. The van der Waals surface area contributed by atoms with Crippen molar-refractivity contribution in [3.05, 3.63) is 54.4 Å². The van der Waals surface area contributed by atoms with Gasteiger partial charge in [0.2, 0.25) is 0 Å². The lowest BCUT2D eigenvalue weighted by Gasteiger charge is -2.15. The van der Waals surface area contributed by atoms with E-state index in [9.17, 15) is 14.9 Å². The Bertz CT molecular complexity index is 1070. The molecular weight excluding hydrogens is 344 g/mol. The molecule has 2 aromatic rings. The van der Waals surface area contributed by atoms with Gasteiger partial charge in [0.1, 0.15) is 16.3 Å². The summed E-state index contributed by atoms with van der Waals surface area (Å²) in [6.45, 7) is 11.6. The van der Waals surface area contributed by atoms with Gasteiger partial charge in [-0.05, 0) is 38.0 Å². The van der Waals surface area contributed by atoms with Crippen LogP contribution in [0.25, 0.3) is 11.6 Å². The molecule has 1 aromatic heterocycles. The third-order valence-electron chi connectivity index (χ3n) is 4.17. The maximum absolute atomic E-state index is 12.8. The van der Waals surface area contributed by atoms with Gasteiger partial charge in [0.05, 0.1) is 4.53 Å². The van der Waals surface area contributed by atoms with Crippen molar-refractivity contribution in [3.8, 4) is 6.07 Å². The molecule has 0 bridgehead atoms. The van der Waals surface area contributed by atoms with Crippen molar-refractivity contribution in [2.75, 3.05) is 0 Å². The summed E-state index contributed by atoms with van der Waals surface area (Å²) in [5.74, 6) is -0.249. The van der Waals surface area contributed by atoms with Crippen LogP contribution in [-0.2, 0) is 11.3 Å². The zero-order valence-corrected chi connectivity index (χ0v) is 17.0. The third-order valence-corrected chi connectivity index (χ3v) is 5.30. The fourth-order valence-electron chi connectivity index (χ4n) is 2.69. The molecule has 0 radical (unpaired) electrons. The van der Waals surface area contributed by atoms with Gasteiger partial charge in [-0.25, -0.2) is 0 Å². The van der Waals surface area contributed by atoms with E-state index in [0.717, 1.165) is 16.7 Å². The number of nitriles is 1. The van der Waals surface area contributed by atoms with Crippen LogP contribution in [-0.4, -0.2) is 10.4 Å². The summed E-state index contributed by atoms with van der Waals surface area (Å²) in [5.41, 5.74) is 2.42. The fourth-order valence-corrected chi connectivity index (χ4v) is 3.85. The lowest BCUT2D eigenvalue weighted by molar-refractivity contribution is -0.120. The summed E-state index contributed by atoms with van der Waals surface area (Å²) in [4.78, 5) is 25.5. The van der Waals surface area contributed by atoms with Crippen molar-refractivity contribution in [2.45, 2.75) is 48.1 Å². The van der Waals surface area contributed by atoms with Gasteiger partial charge < -0.3 is 0 Å². The van der Waals surface area contributed by atoms with Crippen LogP contribution in [0, 0.1) is 30.6 Å². The molecule has 1 heterocycles. The maximum atomic E-state index is 12.8. The molecule has 136 valence electrons. The summed E-state index contributed by atoms with van der Waals surface area (Å²) in [5, 5.41) is 9.57. The number of hydrogen-bond donors (Lipinski definition) is 0. The Labute approximate surface area is 157 Å². The lowest BCUT2D eigenvalue weighted by atomic mass is 9.87. The molecule has 0 aliphatic heterocycles. The van der Waals surface area contributed by atoms with Crippen molar-refractivity contribution < 1.29 is 4.79 Å². The number of ketones is 1. The molecule has 4 nitrogen and oxygen atoms in total. The normalized spacial score (nSPS) is 13.5. The molecule has 5 heteroatoms. The molecule has 1 aromatic carbocycles. The molecular formula is C21H24N2O2S. The second kappa shape index (κ2) is 7.43. The minimum absolute atomic E-state index is 0.0572. The Kier molecular flexibility index (Phi) is 5.68. The van der Waals surface area contributed by atoms with Gasteiger partial charge in [-0.2, -0.15) is 5.26 Å². The van der Waals surface area contributed by atoms with Crippen LogP contribution in [0.15, 0.2) is 23.0 Å². The highest BCUT2D eigenvalue weighted by Crippen LogP contribution is 2.19. The molecule has 2 rings (SSSR count). The number of Topliss-reactive ketones (excluding diaryl/α,β-unsaturated/α-hetero) is 1. The monoisotopic (exact) mass is 368 g/mol. The van der Waals surface area contributed by atoms with Crippen LogP contribution in [0.4, 0.5) is 0 Å². The molecule has 0 aliphatic rings. The third kappa shape index (κ3) is 3.86. The SMILES string of the molecule is CCn1c(=O)/c(=C/c2ccc(C)cc2C)s/c1=C(\C#N)C(=O)C(C)(C)C. The quantitative estimate of drug-likeness (QED) is 0.837. The number of benzene rings is 1. The van der Waals surface area contributed by atoms with Crippen molar-refractivity contribution >= 4 is 28.8 Å². The fraction of sp³-hybridized carbons (Fsp3) is 0.381. The second-order valence-corrected chi connectivity index (χ2v) is 8.42. The second-order valence-electron chi connectivity index (χ2n) is 7.39. The topological polar surface area (TPSA) is 62.9 Å². The van der Waals surface area contributed by atoms with E-state index in [2.05, 4.69) is 6.07 Å². The molecule has 0 saturated carbocycles. The first kappa shape index (κ1) is 19.9. The first-order valence-electron chi connectivity index (χ1n) is 8.58. The zero-order chi connectivity index (χ0) is 19.6. The number of carbonyl (C=O) groups is 1. The lowest BCUT2D eigenvalue weighted by Crippen LogP contribution is -2.33. The summed E-state index contributed by atoms with van der Waals surface area (Å²) < 4.78 is 2.49. The first-order valence-corrected chi connectivity index (χ1v) is 9.39. The molecule has 0 saturated heterocycles. The van der Waals surface area contributed by atoms with Gasteiger partial charge in [0, 0.05) is 12.0 Å². The molecule has 0 aliphatic carbocycles. The predicted molar refractivity (Wildman–Crippen MR) is 106 cm³/mol. The van der Waals surface area contributed by atoms with Gasteiger partial charge in [0.25, 0.3) is 5.56 Å². The van der Waals surface area contributed by atoms with E-state index in [1.807, 2.05) is 45.0 Å². The number of aryl methyl sites for hydroxylation is 2. The van der Waals surface area contributed by atoms with Crippen LogP contribution >= 0.6 is 11.3 Å². The van der Waals surface area contributed by atoms with Crippen molar-refractivity contribution in [3.63, 3.8) is 0 Å². The number of carbonyl (C=O) groups excluding carboxylic acids is 1. The van der Waals surface area contributed by atoms with Gasteiger partial charge in [0.15, 0.2) is 5.78 Å². The summed E-state index contributed by atoms with van der Waals surface area (Å²) in [7, 11) is 0. The molecule has 0 atom stereocenters. The van der Waals surface area contributed by atoms with E-state index in [0.29, 0.717) is 15.7 Å². The Morgan fingerprint density at radius 1 is 1.31 bits per heavy atom. The summed E-state index contributed by atoms with van der Waals surface area (Å²) in [6.07, 6.45) is 1.84. The molecule has 0 N–H and O–H groups in total. The van der Waals surface area contributed by atoms with E-state index in [1.165, 1.54) is 15.9 Å². The summed E-state index contributed by atoms with van der Waals surface area (Å²) in [6, 6.07) is 8.07. The number of aromatic nitrogens is 1. The minimum Gasteiger partial charge on any atom is -0.298 e. The molecule has 26 heavy (non-hydrogen) atoms. The highest BCUT2D eigenvalue weighted by Gasteiger charge is 2.27. The van der Waals surface area contributed by atoms with Crippen LogP contribution in [0.2, 0.25) is 0 Å². The van der Waals surface area contributed by atoms with E-state index >= 15 is 0 Å². The maximum Gasteiger partial charge on any atom is 0.269 e. The average molecular weight is 369 g/mol. The van der Waals surface area contributed by atoms with Crippen LogP contribution in [0.3, 0.4) is 0 Å². The number of nitrogens with zero attached hydrogens (tertiary/aromatic N) is 2. The molecule has 0 spiro atoms. The van der Waals surface area contributed by atoms with E-state index in [1.54, 1.807) is 20.8 Å². The first-order chi connectivity index (χ1) is 12.1. The van der Waals surface area contributed by atoms with Gasteiger partial charge in [-0.3, -0.25) is 14.2 Å². The highest BCUT2D eigenvalue weighted by atomic mass is 32.1. The smallest absolute Gasteiger partial charge is 0.269 e. The number of rotatable bonds is 3. The van der Waals surface area contributed by atoms with Gasteiger partial charge in [-0.15, -0.1) is 11.3 Å². The molecule has 0 unspecified atom stereocenters. The largest absolute Gasteiger partial charge is 0.298 e. The Hall–Kier alpha value is -2.45. The molecule has 0 amide bonds.